The lowest BCUT2D eigenvalue weighted by Gasteiger charge is -2.29. The fourth-order valence-electron chi connectivity index (χ4n) is 1.85. The molecule has 0 unspecified atom stereocenters. The Morgan fingerprint density at radius 2 is 1.82 bits per heavy atom. The van der Waals surface area contributed by atoms with Crippen LogP contribution < -0.4 is 5.73 Å². The molecule has 1 fully saturated rings. The summed E-state index contributed by atoms with van der Waals surface area (Å²) in [4.78, 5) is 0. The summed E-state index contributed by atoms with van der Waals surface area (Å²) in [6.07, 6.45) is 5.39. The molecule has 1 atom stereocenters. The van der Waals surface area contributed by atoms with E-state index in [9.17, 15) is 0 Å². The number of nitrogens with two attached hydrogens (primary N) is 1. The van der Waals surface area contributed by atoms with Crippen molar-refractivity contribution in [2.75, 3.05) is 7.11 Å². The Bertz CT molecular complexity index is 106. The van der Waals surface area contributed by atoms with Crippen LogP contribution in [0.2, 0.25) is 0 Å². The van der Waals surface area contributed by atoms with Gasteiger partial charge in [-0.2, -0.15) is 0 Å². The van der Waals surface area contributed by atoms with Gasteiger partial charge in [-0.15, -0.1) is 0 Å². The quantitative estimate of drug-likeness (QED) is 0.660. The number of ether oxygens (including phenoxy) is 1. The van der Waals surface area contributed by atoms with Crippen molar-refractivity contribution in [3.8, 4) is 0 Å². The third-order valence-electron chi connectivity index (χ3n) is 2.80. The highest BCUT2D eigenvalue weighted by Crippen LogP contribution is 2.27. The van der Waals surface area contributed by atoms with Crippen LogP contribution in [0.25, 0.3) is 0 Å². The monoisotopic (exact) mass is 157 g/mol. The van der Waals surface area contributed by atoms with E-state index < -0.39 is 0 Å². The molecule has 0 heterocycles. The molecule has 0 aliphatic heterocycles. The molecule has 1 rings (SSSR count). The molecule has 66 valence electrons. The van der Waals surface area contributed by atoms with E-state index >= 15 is 0 Å². The Morgan fingerprint density at radius 3 is 2.18 bits per heavy atom. The zero-order valence-corrected chi connectivity index (χ0v) is 7.55. The van der Waals surface area contributed by atoms with Crippen molar-refractivity contribution in [3.05, 3.63) is 0 Å². The molecule has 0 saturated heterocycles. The Kier molecular flexibility index (Phi) is 3.34. The van der Waals surface area contributed by atoms with E-state index in [1.165, 1.54) is 25.7 Å². The summed E-state index contributed by atoms with van der Waals surface area (Å²) >= 11 is 0. The third-order valence-corrected chi connectivity index (χ3v) is 2.80. The van der Waals surface area contributed by atoms with Gasteiger partial charge in [-0.3, -0.25) is 0 Å². The van der Waals surface area contributed by atoms with Crippen molar-refractivity contribution in [1.82, 2.24) is 0 Å². The summed E-state index contributed by atoms with van der Waals surface area (Å²) in [6.45, 7) is 2.11. The highest BCUT2D eigenvalue weighted by atomic mass is 16.5. The van der Waals surface area contributed by atoms with Crippen molar-refractivity contribution in [1.29, 1.82) is 0 Å². The van der Waals surface area contributed by atoms with Crippen LogP contribution in [0.5, 0.6) is 0 Å². The lowest BCUT2D eigenvalue weighted by molar-refractivity contribution is 0.0538. The molecule has 0 radical (unpaired) electrons. The molecule has 2 heteroatoms. The Labute approximate surface area is 69.1 Å². The van der Waals surface area contributed by atoms with Crippen LogP contribution in [0.4, 0.5) is 0 Å². The maximum Gasteiger partial charge on any atom is 0.0571 e. The minimum atomic E-state index is 0.368. The molecule has 2 N–H and O–H groups in total. The predicted octanol–water partition coefficient (Wildman–Crippen LogP) is 1.54. The van der Waals surface area contributed by atoms with E-state index in [1.54, 1.807) is 7.11 Å². The average Bonchev–Trinajstić information content (AvgIpc) is 2.05. The van der Waals surface area contributed by atoms with Crippen LogP contribution in [-0.4, -0.2) is 19.3 Å². The molecule has 0 aromatic heterocycles. The molecule has 0 bridgehead atoms. The lowest BCUT2D eigenvalue weighted by Crippen LogP contribution is -2.32. The van der Waals surface area contributed by atoms with E-state index in [2.05, 4.69) is 6.92 Å². The molecule has 1 saturated carbocycles. The van der Waals surface area contributed by atoms with Gasteiger partial charge in [0.05, 0.1) is 6.10 Å². The average molecular weight is 157 g/mol. The van der Waals surface area contributed by atoms with Gasteiger partial charge in [0.1, 0.15) is 0 Å². The molecule has 0 spiro atoms. The van der Waals surface area contributed by atoms with Crippen molar-refractivity contribution < 1.29 is 4.74 Å². The number of rotatable bonds is 2. The minimum absolute atomic E-state index is 0.368. The molecule has 0 aromatic rings. The second-order valence-electron chi connectivity index (χ2n) is 3.63. The highest BCUT2D eigenvalue weighted by molar-refractivity contribution is 4.77. The Hall–Kier alpha value is -0.0800. The van der Waals surface area contributed by atoms with E-state index in [0.29, 0.717) is 12.1 Å². The van der Waals surface area contributed by atoms with Gasteiger partial charge in [-0.25, -0.2) is 0 Å². The normalized spacial score (nSPS) is 35.2. The second-order valence-corrected chi connectivity index (χ2v) is 3.63. The lowest BCUT2D eigenvalue weighted by atomic mass is 9.83. The summed E-state index contributed by atoms with van der Waals surface area (Å²) in [7, 11) is 1.80. The summed E-state index contributed by atoms with van der Waals surface area (Å²) in [5.41, 5.74) is 5.81. The van der Waals surface area contributed by atoms with Crippen LogP contribution in [0, 0.1) is 5.92 Å². The summed E-state index contributed by atoms with van der Waals surface area (Å²) < 4.78 is 5.28. The molecule has 11 heavy (non-hydrogen) atoms. The zero-order valence-electron chi connectivity index (χ0n) is 7.55. The molecular formula is C9H19NO. The first-order valence-electron chi connectivity index (χ1n) is 4.52. The zero-order chi connectivity index (χ0) is 8.27. The minimum Gasteiger partial charge on any atom is -0.381 e. The van der Waals surface area contributed by atoms with Crippen LogP contribution in [0.15, 0.2) is 0 Å². The van der Waals surface area contributed by atoms with Crippen molar-refractivity contribution in [3.63, 3.8) is 0 Å². The van der Waals surface area contributed by atoms with E-state index in [-0.39, 0.29) is 0 Å². The second kappa shape index (κ2) is 4.07. The standard InChI is InChI=1S/C9H19NO/c1-7(10)8-3-5-9(11-2)6-4-8/h7-9H,3-6,10H2,1-2H3/t7-,8?,9?/m0/s1. The maximum absolute atomic E-state index is 5.81. The first-order valence-corrected chi connectivity index (χ1v) is 4.52. The van der Waals surface area contributed by atoms with Crippen molar-refractivity contribution >= 4 is 0 Å². The molecular weight excluding hydrogens is 138 g/mol. The van der Waals surface area contributed by atoms with Gasteiger partial charge >= 0.3 is 0 Å². The smallest absolute Gasteiger partial charge is 0.0571 e. The number of methoxy groups -OCH3 is 1. The van der Waals surface area contributed by atoms with Gasteiger partial charge in [-0.05, 0) is 38.5 Å². The fourth-order valence-corrected chi connectivity index (χ4v) is 1.85. The SMILES string of the molecule is COC1CCC([C@H](C)N)CC1. The van der Waals surface area contributed by atoms with E-state index in [0.717, 1.165) is 5.92 Å². The summed E-state index contributed by atoms with van der Waals surface area (Å²) in [5, 5.41) is 0. The van der Waals surface area contributed by atoms with Gasteiger partial charge < -0.3 is 10.5 Å². The van der Waals surface area contributed by atoms with Crippen LogP contribution >= 0.6 is 0 Å². The van der Waals surface area contributed by atoms with Gasteiger partial charge in [0, 0.05) is 13.2 Å². The summed E-state index contributed by atoms with van der Waals surface area (Å²) in [5.74, 6) is 0.737. The number of hydrogen-bond acceptors (Lipinski definition) is 2. The molecule has 2 nitrogen and oxygen atoms in total. The maximum atomic E-state index is 5.81. The topological polar surface area (TPSA) is 35.2 Å². The van der Waals surface area contributed by atoms with Crippen molar-refractivity contribution in [2.45, 2.75) is 44.8 Å². The van der Waals surface area contributed by atoms with Crippen LogP contribution in [-0.2, 0) is 4.74 Å². The Morgan fingerprint density at radius 1 is 1.27 bits per heavy atom. The third kappa shape index (κ3) is 2.46. The predicted molar refractivity (Wildman–Crippen MR) is 46.4 cm³/mol. The van der Waals surface area contributed by atoms with E-state index in [4.69, 9.17) is 10.5 Å². The van der Waals surface area contributed by atoms with Crippen LogP contribution in [0.1, 0.15) is 32.6 Å². The fraction of sp³-hybridized carbons (Fsp3) is 1.00. The summed E-state index contributed by atoms with van der Waals surface area (Å²) in [6, 6.07) is 0.368. The highest BCUT2D eigenvalue weighted by Gasteiger charge is 2.22. The van der Waals surface area contributed by atoms with Gasteiger partial charge in [0.2, 0.25) is 0 Å². The van der Waals surface area contributed by atoms with Crippen molar-refractivity contribution in [2.24, 2.45) is 11.7 Å². The first-order chi connectivity index (χ1) is 5.24. The van der Waals surface area contributed by atoms with E-state index in [1.807, 2.05) is 0 Å². The van der Waals surface area contributed by atoms with Gasteiger partial charge in [0.25, 0.3) is 0 Å². The largest absolute Gasteiger partial charge is 0.381 e. The van der Waals surface area contributed by atoms with Gasteiger partial charge in [-0.1, -0.05) is 0 Å². The number of hydrogen-bond donors (Lipinski definition) is 1. The molecule has 0 amide bonds. The molecule has 1 aliphatic rings. The van der Waals surface area contributed by atoms with Gasteiger partial charge in [0.15, 0.2) is 0 Å². The molecule has 1 aliphatic carbocycles. The Balaban J connectivity index is 2.24. The van der Waals surface area contributed by atoms with Crippen LogP contribution in [0.3, 0.4) is 0 Å². The first kappa shape index (κ1) is 9.01. The molecule has 0 aromatic carbocycles.